The average Bonchev–Trinajstić information content (AvgIpc) is 2.99. The zero-order chi connectivity index (χ0) is 20.4. The molecule has 28 heavy (non-hydrogen) atoms. The molecule has 0 aliphatic carbocycles. The van der Waals surface area contributed by atoms with Crippen LogP contribution in [0.15, 0.2) is 47.6 Å². The summed E-state index contributed by atoms with van der Waals surface area (Å²) in [5.41, 5.74) is -0.333. The molecule has 2 aromatic rings. The summed E-state index contributed by atoms with van der Waals surface area (Å²) >= 11 is 1.25. The third-order valence-corrected chi connectivity index (χ3v) is 5.36. The second-order valence-corrected chi connectivity index (χ2v) is 7.48. The van der Waals surface area contributed by atoms with Crippen molar-refractivity contribution in [2.75, 3.05) is 5.75 Å². The van der Waals surface area contributed by atoms with Crippen molar-refractivity contribution in [2.24, 2.45) is 5.16 Å². The Hall–Kier alpha value is -2.29. The van der Waals surface area contributed by atoms with Gasteiger partial charge in [-0.3, -0.25) is 0 Å². The molecule has 0 saturated heterocycles. The van der Waals surface area contributed by atoms with Crippen molar-refractivity contribution >= 4 is 17.5 Å². The number of para-hydroxylation sites is 1. The summed E-state index contributed by atoms with van der Waals surface area (Å²) in [6.07, 6.45) is -4.59. The van der Waals surface area contributed by atoms with Gasteiger partial charge in [0.1, 0.15) is 23.0 Å². The highest BCUT2D eigenvalue weighted by Crippen LogP contribution is 2.35. The number of hydrogen-bond acceptors (Lipinski definition) is 4. The Balaban J connectivity index is 1.64. The van der Waals surface area contributed by atoms with E-state index in [1.54, 1.807) is 13.0 Å². The largest absolute Gasteiger partial charge is 0.573 e. The van der Waals surface area contributed by atoms with E-state index in [0.717, 1.165) is 0 Å². The van der Waals surface area contributed by atoms with Crippen LogP contribution in [-0.2, 0) is 10.6 Å². The Morgan fingerprint density at radius 1 is 1.11 bits per heavy atom. The molecule has 0 amide bonds. The van der Waals surface area contributed by atoms with Crippen LogP contribution in [0.1, 0.15) is 24.5 Å². The first-order valence-electron chi connectivity index (χ1n) is 8.28. The monoisotopic (exact) mass is 417 g/mol. The molecule has 0 aromatic heterocycles. The summed E-state index contributed by atoms with van der Waals surface area (Å²) in [6, 6.07) is 9.34. The molecule has 2 aromatic carbocycles. The Kier molecular flexibility index (Phi) is 5.83. The Morgan fingerprint density at radius 2 is 1.79 bits per heavy atom. The van der Waals surface area contributed by atoms with Crippen LogP contribution in [0.5, 0.6) is 5.75 Å². The second-order valence-electron chi connectivity index (χ2n) is 6.49. The van der Waals surface area contributed by atoms with E-state index in [-0.39, 0.29) is 29.1 Å². The maximum Gasteiger partial charge on any atom is 0.573 e. The second kappa shape index (κ2) is 7.98. The molecule has 3 rings (SSSR count). The van der Waals surface area contributed by atoms with Crippen molar-refractivity contribution in [3.63, 3.8) is 0 Å². The molecule has 150 valence electrons. The number of alkyl halides is 3. The van der Waals surface area contributed by atoms with Gasteiger partial charge in [-0.2, -0.15) is 11.8 Å². The minimum absolute atomic E-state index is 0.0286. The number of rotatable bonds is 6. The van der Waals surface area contributed by atoms with Gasteiger partial charge in [0.05, 0.1) is 5.71 Å². The third kappa shape index (κ3) is 4.95. The summed E-state index contributed by atoms with van der Waals surface area (Å²) in [6.45, 7) is 1.74. The van der Waals surface area contributed by atoms with E-state index in [4.69, 9.17) is 4.84 Å². The number of nitrogens with zero attached hydrogens (tertiary/aromatic N) is 1. The van der Waals surface area contributed by atoms with Crippen molar-refractivity contribution in [1.29, 1.82) is 0 Å². The SMILES string of the molecule is CC1(CSCc2c(F)cccc2F)CC(c2ccccc2OC(F)(F)F)=NO1. The number of oxime groups is 1. The molecule has 3 nitrogen and oxygen atoms in total. The maximum atomic E-state index is 13.7. The highest BCUT2D eigenvalue weighted by Gasteiger charge is 2.37. The van der Waals surface area contributed by atoms with Gasteiger partial charge in [0.25, 0.3) is 0 Å². The quantitative estimate of drug-likeness (QED) is 0.567. The summed E-state index contributed by atoms with van der Waals surface area (Å²) in [5, 5.41) is 3.92. The van der Waals surface area contributed by atoms with E-state index in [0.29, 0.717) is 11.5 Å². The van der Waals surface area contributed by atoms with Crippen LogP contribution in [0.25, 0.3) is 0 Å². The first-order valence-corrected chi connectivity index (χ1v) is 9.43. The minimum Gasteiger partial charge on any atom is -0.405 e. The minimum atomic E-state index is -4.82. The normalized spacial score (nSPS) is 19.3. The van der Waals surface area contributed by atoms with Crippen molar-refractivity contribution in [3.05, 3.63) is 65.2 Å². The number of thioether (sulfide) groups is 1. The Labute approximate surface area is 162 Å². The van der Waals surface area contributed by atoms with Crippen molar-refractivity contribution in [3.8, 4) is 5.75 Å². The van der Waals surface area contributed by atoms with Gasteiger partial charge in [0.2, 0.25) is 0 Å². The molecule has 0 fully saturated rings. The van der Waals surface area contributed by atoms with Gasteiger partial charge in [-0.15, -0.1) is 13.2 Å². The third-order valence-electron chi connectivity index (χ3n) is 4.06. The first-order chi connectivity index (χ1) is 13.2. The predicted molar refractivity (Wildman–Crippen MR) is 96.3 cm³/mol. The molecular weight excluding hydrogens is 401 g/mol. The highest BCUT2D eigenvalue weighted by atomic mass is 32.2. The lowest BCUT2D eigenvalue weighted by Crippen LogP contribution is -2.28. The summed E-state index contributed by atoms with van der Waals surface area (Å²) < 4.78 is 69.2. The van der Waals surface area contributed by atoms with E-state index < -0.39 is 23.6 Å². The number of ether oxygens (including phenoxy) is 1. The topological polar surface area (TPSA) is 30.8 Å². The molecule has 1 aliphatic heterocycles. The van der Waals surface area contributed by atoms with Crippen molar-refractivity contribution < 1.29 is 31.5 Å². The maximum absolute atomic E-state index is 13.7. The fourth-order valence-electron chi connectivity index (χ4n) is 2.76. The lowest BCUT2D eigenvalue weighted by atomic mass is 9.97. The van der Waals surface area contributed by atoms with Crippen LogP contribution in [0.2, 0.25) is 0 Å². The Bertz CT molecular complexity index is 867. The van der Waals surface area contributed by atoms with E-state index in [2.05, 4.69) is 9.89 Å². The van der Waals surface area contributed by atoms with E-state index in [9.17, 15) is 22.0 Å². The van der Waals surface area contributed by atoms with Crippen LogP contribution < -0.4 is 4.74 Å². The molecule has 9 heteroatoms. The molecular formula is C19H16F5NO2S. The lowest BCUT2D eigenvalue weighted by Gasteiger charge is -2.21. The lowest BCUT2D eigenvalue weighted by molar-refractivity contribution is -0.274. The summed E-state index contributed by atoms with van der Waals surface area (Å²) in [7, 11) is 0. The molecule has 0 spiro atoms. The van der Waals surface area contributed by atoms with Gasteiger partial charge in [0.15, 0.2) is 0 Å². The molecule has 1 aliphatic rings. The first kappa shape index (κ1) is 20.4. The van der Waals surface area contributed by atoms with Crippen LogP contribution in [0.4, 0.5) is 22.0 Å². The smallest absolute Gasteiger partial charge is 0.405 e. The summed E-state index contributed by atoms with van der Waals surface area (Å²) in [4.78, 5) is 5.43. The van der Waals surface area contributed by atoms with Crippen LogP contribution in [0, 0.1) is 11.6 Å². The molecule has 0 bridgehead atoms. The number of hydrogen-bond donors (Lipinski definition) is 0. The molecule has 1 atom stereocenters. The van der Waals surface area contributed by atoms with Gasteiger partial charge in [-0.25, -0.2) is 8.78 Å². The molecule has 1 heterocycles. The van der Waals surface area contributed by atoms with Crippen LogP contribution in [-0.4, -0.2) is 23.4 Å². The van der Waals surface area contributed by atoms with Gasteiger partial charge < -0.3 is 9.57 Å². The fourth-order valence-corrected chi connectivity index (χ4v) is 3.93. The van der Waals surface area contributed by atoms with Gasteiger partial charge in [0, 0.05) is 29.1 Å². The standard InChI is InChI=1S/C19H16F5NO2S/c1-18(11-28-10-13-14(20)6-4-7-15(13)21)9-16(25-27-18)12-5-2-3-8-17(12)26-19(22,23)24/h2-8H,9-11H2,1H3. The summed E-state index contributed by atoms with van der Waals surface area (Å²) in [5.74, 6) is -1.17. The van der Waals surface area contributed by atoms with Crippen LogP contribution >= 0.6 is 11.8 Å². The van der Waals surface area contributed by atoms with Crippen LogP contribution in [0.3, 0.4) is 0 Å². The van der Waals surface area contributed by atoms with Gasteiger partial charge in [-0.1, -0.05) is 23.4 Å². The predicted octanol–water partition coefficient (Wildman–Crippen LogP) is 5.68. The van der Waals surface area contributed by atoms with E-state index >= 15 is 0 Å². The highest BCUT2D eigenvalue weighted by molar-refractivity contribution is 7.98. The van der Waals surface area contributed by atoms with Gasteiger partial charge >= 0.3 is 6.36 Å². The number of benzene rings is 2. The van der Waals surface area contributed by atoms with E-state index in [1.165, 1.54) is 48.2 Å². The molecule has 0 radical (unpaired) electrons. The number of halogens is 5. The fraction of sp³-hybridized carbons (Fsp3) is 0.316. The molecule has 0 saturated carbocycles. The Morgan fingerprint density at radius 3 is 2.46 bits per heavy atom. The van der Waals surface area contributed by atoms with E-state index in [1.807, 2.05) is 0 Å². The van der Waals surface area contributed by atoms with Gasteiger partial charge in [-0.05, 0) is 31.2 Å². The average molecular weight is 417 g/mol. The van der Waals surface area contributed by atoms with Crippen molar-refractivity contribution in [1.82, 2.24) is 0 Å². The van der Waals surface area contributed by atoms with Crippen molar-refractivity contribution in [2.45, 2.75) is 31.1 Å². The zero-order valence-corrected chi connectivity index (χ0v) is 15.5. The molecule has 1 unspecified atom stereocenters. The molecule has 0 N–H and O–H groups in total. The zero-order valence-electron chi connectivity index (χ0n) is 14.7.